The Bertz CT molecular complexity index is 66.5. The molecule has 8 heavy (non-hydrogen) atoms. The molecular formula is C6H12OS. The van der Waals surface area contributed by atoms with Gasteiger partial charge in [-0.1, -0.05) is 5.57 Å². The van der Waals surface area contributed by atoms with Gasteiger partial charge in [0, 0.05) is 6.92 Å². The number of allylic oxidation sites excluding steroid dienone is 1. The average molecular weight is 132 g/mol. The molecule has 0 aliphatic heterocycles. The maximum atomic E-state index is 9.31. The fourth-order valence-electron chi connectivity index (χ4n) is 0. The van der Waals surface area contributed by atoms with Crippen molar-refractivity contribution in [1.29, 1.82) is 0 Å². The molecule has 0 N–H and O–H groups in total. The highest BCUT2D eigenvalue weighted by molar-refractivity contribution is 7.96. The van der Waals surface area contributed by atoms with Crippen molar-refractivity contribution >= 4 is 17.7 Å². The smallest absolute Gasteiger partial charge is 0.182 e. The van der Waals surface area contributed by atoms with E-state index in [2.05, 4.69) is 19.2 Å². The highest BCUT2D eigenvalue weighted by Crippen LogP contribution is 1.73. The van der Waals surface area contributed by atoms with Gasteiger partial charge < -0.3 is 0 Å². The Labute approximate surface area is 56.2 Å². The van der Waals surface area contributed by atoms with Gasteiger partial charge in [-0.05, 0) is 13.8 Å². The number of hydrogen-bond acceptors (Lipinski definition) is 1. The Morgan fingerprint density at radius 2 is 1.38 bits per heavy atom. The summed E-state index contributed by atoms with van der Waals surface area (Å²) < 4.78 is 0. The molecule has 0 rings (SSSR count). The average Bonchev–Trinajstić information content (AvgIpc) is 1.25. The number of hydrogen-bond donors (Lipinski definition) is 1. The summed E-state index contributed by atoms with van der Waals surface area (Å²) >= 11 is 3.33. The van der Waals surface area contributed by atoms with Crippen molar-refractivity contribution in [2.75, 3.05) is 0 Å². The molecule has 0 aromatic rings. The molecule has 0 aliphatic carbocycles. The Kier molecular flexibility index (Phi) is 9.03. The molecule has 0 aliphatic rings. The maximum absolute atomic E-state index is 9.31. The molecule has 0 amide bonds. The third kappa shape index (κ3) is 2270. The fraction of sp³-hybridized carbons (Fsp3) is 0.500. The SMILES string of the molecule is C=C(C)C.CC(=O)S. The molecule has 0 unspecified atom stereocenters. The largest absolute Gasteiger partial charge is 0.288 e. The van der Waals surface area contributed by atoms with Crippen molar-refractivity contribution in [3.05, 3.63) is 12.2 Å². The van der Waals surface area contributed by atoms with E-state index in [1.165, 1.54) is 12.5 Å². The van der Waals surface area contributed by atoms with Crippen LogP contribution >= 0.6 is 12.6 Å². The predicted octanol–water partition coefficient (Wildman–Crippen LogP) is 2.05. The second-order valence-corrected chi connectivity index (χ2v) is 2.36. The van der Waals surface area contributed by atoms with Crippen LogP contribution < -0.4 is 0 Å². The lowest BCUT2D eigenvalue weighted by Gasteiger charge is -1.65. The Balaban J connectivity index is 0. The summed E-state index contributed by atoms with van der Waals surface area (Å²) in [6, 6.07) is 0. The van der Waals surface area contributed by atoms with Crippen molar-refractivity contribution in [1.82, 2.24) is 0 Å². The first-order valence-electron chi connectivity index (χ1n) is 2.28. The zero-order valence-corrected chi connectivity index (χ0v) is 6.46. The molecule has 0 aromatic heterocycles. The van der Waals surface area contributed by atoms with Gasteiger partial charge in [0.2, 0.25) is 0 Å². The van der Waals surface area contributed by atoms with Crippen LogP contribution in [0.2, 0.25) is 0 Å². The van der Waals surface area contributed by atoms with Gasteiger partial charge in [0.05, 0.1) is 0 Å². The molecule has 2 heteroatoms. The summed E-state index contributed by atoms with van der Waals surface area (Å²) in [6.45, 7) is 8.89. The zero-order valence-electron chi connectivity index (χ0n) is 5.56. The van der Waals surface area contributed by atoms with Crippen LogP contribution in [0.1, 0.15) is 20.8 Å². The van der Waals surface area contributed by atoms with Crippen LogP contribution in [0, 0.1) is 0 Å². The summed E-state index contributed by atoms with van der Waals surface area (Å²) in [4.78, 5) is 9.31. The monoisotopic (exact) mass is 132 g/mol. The van der Waals surface area contributed by atoms with Crippen LogP contribution in [-0.4, -0.2) is 5.12 Å². The van der Waals surface area contributed by atoms with Crippen LogP contribution in [-0.2, 0) is 4.79 Å². The minimum absolute atomic E-state index is 0.139. The van der Waals surface area contributed by atoms with E-state index in [0.717, 1.165) is 0 Å². The molecule has 48 valence electrons. The summed E-state index contributed by atoms with van der Waals surface area (Å²) in [5.74, 6) is 0. The molecule has 0 atom stereocenters. The summed E-state index contributed by atoms with van der Waals surface area (Å²) in [6.07, 6.45) is 0. The molecule has 1 nitrogen and oxygen atoms in total. The molecular weight excluding hydrogens is 120 g/mol. The predicted molar refractivity (Wildman–Crippen MR) is 40.2 cm³/mol. The van der Waals surface area contributed by atoms with Crippen molar-refractivity contribution in [3.63, 3.8) is 0 Å². The minimum Gasteiger partial charge on any atom is -0.288 e. The van der Waals surface area contributed by atoms with Crippen LogP contribution in [0.25, 0.3) is 0 Å². The molecule has 0 bridgehead atoms. The maximum Gasteiger partial charge on any atom is 0.182 e. The minimum atomic E-state index is -0.139. The third-order valence-electron chi connectivity index (χ3n) is 0. The molecule has 0 radical (unpaired) electrons. The normalized spacial score (nSPS) is 6.50. The number of rotatable bonds is 0. The van der Waals surface area contributed by atoms with E-state index in [1.807, 2.05) is 13.8 Å². The fourth-order valence-corrected chi connectivity index (χ4v) is 0. The Morgan fingerprint density at radius 3 is 1.38 bits per heavy atom. The van der Waals surface area contributed by atoms with Crippen molar-refractivity contribution < 1.29 is 4.79 Å². The number of thiol groups is 1. The Morgan fingerprint density at radius 1 is 1.38 bits per heavy atom. The van der Waals surface area contributed by atoms with Gasteiger partial charge in [-0.2, -0.15) is 0 Å². The quantitative estimate of drug-likeness (QED) is 0.394. The molecule has 0 fully saturated rings. The topological polar surface area (TPSA) is 17.1 Å². The summed E-state index contributed by atoms with van der Waals surface area (Å²) in [5, 5.41) is -0.139. The number of carbonyl (C=O) groups is 1. The lowest BCUT2D eigenvalue weighted by molar-refractivity contribution is -0.108. The van der Waals surface area contributed by atoms with E-state index in [1.54, 1.807) is 0 Å². The van der Waals surface area contributed by atoms with E-state index in [4.69, 9.17) is 0 Å². The van der Waals surface area contributed by atoms with Gasteiger partial charge in [0.25, 0.3) is 0 Å². The first-order valence-corrected chi connectivity index (χ1v) is 2.73. The third-order valence-corrected chi connectivity index (χ3v) is 0. The van der Waals surface area contributed by atoms with Gasteiger partial charge in [-0.15, -0.1) is 19.2 Å². The van der Waals surface area contributed by atoms with E-state index in [0.29, 0.717) is 0 Å². The lowest BCUT2D eigenvalue weighted by atomic mass is 10.4. The van der Waals surface area contributed by atoms with Gasteiger partial charge in [0.15, 0.2) is 5.12 Å². The van der Waals surface area contributed by atoms with E-state index >= 15 is 0 Å². The number of carbonyl (C=O) groups excluding carboxylic acids is 1. The van der Waals surface area contributed by atoms with Gasteiger partial charge >= 0.3 is 0 Å². The molecule has 0 saturated heterocycles. The van der Waals surface area contributed by atoms with Crippen LogP contribution in [0.3, 0.4) is 0 Å². The first-order chi connectivity index (χ1) is 3.46. The highest BCUT2D eigenvalue weighted by atomic mass is 32.1. The van der Waals surface area contributed by atoms with E-state index in [9.17, 15) is 4.79 Å². The van der Waals surface area contributed by atoms with Crippen LogP contribution in [0.15, 0.2) is 12.2 Å². The van der Waals surface area contributed by atoms with Crippen molar-refractivity contribution in [2.24, 2.45) is 0 Å². The molecule has 0 aromatic carbocycles. The van der Waals surface area contributed by atoms with Crippen LogP contribution in [0.5, 0.6) is 0 Å². The van der Waals surface area contributed by atoms with Gasteiger partial charge in [-0.25, -0.2) is 0 Å². The van der Waals surface area contributed by atoms with E-state index in [-0.39, 0.29) is 5.12 Å². The lowest BCUT2D eigenvalue weighted by Crippen LogP contribution is -1.62. The van der Waals surface area contributed by atoms with Crippen LogP contribution in [0.4, 0.5) is 0 Å². The standard InChI is InChI=1S/C4H8.C2H4OS/c1-4(2)3;1-2(3)4/h1H2,2-3H3;1H3,(H,3,4). The zero-order chi connectivity index (χ0) is 7.15. The second-order valence-electron chi connectivity index (χ2n) is 1.73. The molecule has 0 spiro atoms. The first kappa shape index (κ1) is 10.7. The van der Waals surface area contributed by atoms with Gasteiger partial charge in [-0.3, -0.25) is 4.79 Å². The van der Waals surface area contributed by atoms with Crippen molar-refractivity contribution in [3.8, 4) is 0 Å². The highest BCUT2D eigenvalue weighted by Gasteiger charge is 1.63. The second kappa shape index (κ2) is 6.76. The van der Waals surface area contributed by atoms with Gasteiger partial charge in [0.1, 0.15) is 0 Å². The molecule has 0 saturated carbocycles. The molecule has 0 heterocycles. The summed E-state index contributed by atoms with van der Waals surface area (Å²) in [5.41, 5.74) is 1.17. The summed E-state index contributed by atoms with van der Waals surface area (Å²) in [7, 11) is 0. The Hall–Kier alpha value is -0.240. The van der Waals surface area contributed by atoms with E-state index < -0.39 is 0 Å². The van der Waals surface area contributed by atoms with Crippen molar-refractivity contribution in [2.45, 2.75) is 20.8 Å².